The summed E-state index contributed by atoms with van der Waals surface area (Å²) in [5.74, 6) is -2.18. The minimum Gasteiger partial charge on any atom is -0.496 e. The van der Waals surface area contributed by atoms with Gasteiger partial charge in [0, 0.05) is 0 Å². The van der Waals surface area contributed by atoms with E-state index in [1.165, 1.54) is 20.1 Å². The Morgan fingerprint density at radius 2 is 1.89 bits per heavy atom. The quantitative estimate of drug-likeness (QED) is 0.687. The number of amides is 2. The van der Waals surface area contributed by atoms with Crippen LogP contribution in [0.25, 0.3) is 0 Å². The minimum absolute atomic E-state index is 0.0101. The minimum atomic E-state index is -1.16. The van der Waals surface area contributed by atoms with E-state index in [1.54, 1.807) is 24.3 Å². The maximum absolute atomic E-state index is 13.0. The number of hydrogen-bond donors (Lipinski definition) is 2. The number of anilines is 1. The van der Waals surface area contributed by atoms with Crippen molar-refractivity contribution in [3.63, 3.8) is 0 Å². The van der Waals surface area contributed by atoms with E-state index >= 15 is 0 Å². The molecule has 9 heteroatoms. The fraction of sp³-hybridized carbons (Fsp3) is 0.211. The van der Waals surface area contributed by atoms with Crippen LogP contribution in [0.3, 0.4) is 0 Å². The van der Waals surface area contributed by atoms with E-state index in [0.717, 1.165) is 12.1 Å². The van der Waals surface area contributed by atoms with E-state index in [0.29, 0.717) is 5.75 Å². The molecule has 0 heterocycles. The number of ether oxygens (including phenoxy) is 2. The van der Waals surface area contributed by atoms with E-state index in [9.17, 15) is 18.8 Å². The Morgan fingerprint density at radius 3 is 2.57 bits per heavy atom. The number of methoxy groups -OCH3 is 1. The number of para-hydroxylation sites is 1. The van der Waals surface area contributed by atoms with Crippen molar-refractivity contribution < 1.29 is 28.2 Å². The van der Waals surface area contributed by atoms with Crippen LogP contribution in [0, 0.1) is 5.82 Å². The molecule has 0 fully saturated rings. The lowest BCUT2D eigenvalue weighted by molar-refractivity contribution is -0.152. The third-order valence-corrected chi connectivity index (χ3v) is 3.92. The number of rotatable bonds is 7. The first kappa shape index (κ1) is 21.2. The summed E-state index contributed by atoms with van der Waals surface area (Å²) in [4.78, 5) is 36.1. The average molecular weight is 409 g/mol. The van der Waals surface area contributed by atoms with Gasteiger partial charge in [-0.3, -0.25) is 14.4 Å². The number of esters is 1. The van der Waals surface area contributed by atoms with Gasteiger partial charge in [-0.25, -0.2) is 4.39 Å². The molecule has 148 valence electrons. The zero-order chi connectivity index (χ0) is 20.7. The molecule has 7 nitrogen and oxygen atoms in total. The molecule has 1 unspecified atom stereocenters. The molecule has 0 saturated carbocycles. The summed E-state index contributed by atoms with van der Waals surface area (Å²) in [6.07, 6.45) is -1.16. The van der Waals surface area contributed by atoms with Gasteiger partial charge in [0.15, 0.2) is 6.10 Å². The summed E-state index contributed by atoms with van der Waals surface area (Å²) in [5.41, 5.74) is 0.440. The maximum Gasteiger partial charge on any atom is 0.326 e. The van der Waals surface area contributed by atoms with Crippen LogP contribution in [0.15, 0.2) is 42.5 Å². The van der Waals surface area contributed by atoms with E-state index in [1.807, 2.05) is 0 Å². The maximum atomic E-state index is 13.0. The SMILES string of the molecule is COc1ccccc1C(=O)NCC(=O)OC(C)C(=O)Nc1ccc(F)cc1Cl. The summed E-state index contributed by atoms with van der Waals surface area (Å²) < 4.78 is 23.1. The topological polar surface area (TPSA) is 93.7 Å². The van der Waals surface area contributed by atoms with Crippen molar-refractivity contribution in [1.29, 1.82) is 0 Å². The third kappa shape index (κ3) is 5.68. The Bertz CT molecular complexity index is 890. The lowest BCUT2D eigenvalue weighted by atomic mass is 10.2. The van der Waals surface area contributed by atoms with Crippen LogP contribution in [0.2, 0.25) is 5.02 Å². The van der Waals surface area contributed by atoms with Gasteiger partial charge in [-0.2, -0.15) is 0 Å². The Labute approximate surface area is 165 Å². The van der Waals surface area contributed by atoms with Crippen LogP contribution in [-0.2, 0) is 14.3 Å². The van der Waals surface area contributed by atoms with Gasteiger partial charge >= 0.3 is 5.97 Å². The first-order valence-corrected chi connectivity index (χ1v) is 8.56. The number of benzene rings is 2. The van der Waals surface area contributed by atoms with Crippen molar-refractivity contribution in [3.8, 4) is 5.75 Å². The fourth-order valence-corrected chi connectivity index (χ4v) is 2.41. The van der Waals surface area contributed by atoms with Crippen molar-refractivity contribution in [2.24, 2.45) is 0 Å². The summed E-state index contributed by atoms with van der Waals surface area (Å²) >= 11 is 5.83. The molecule has 0 spiro atoms. The lowest BCUT2D eigenvalue weighted by Crippen LogP contribution is -2.36. The van der Waals surface area contributed by atoms with Crippen LogP contribution < -0.4 is 15.4 Å². The molecule has 2 rings (SSSR count). The standard InChI is InChI=1S/C19H18ClFN2O5/c1-11(18(25)23-15-8-7-12(21)9-14(15)20)28-17(24)10-22-19(26)13-5-3-4-6-16(13)27-2/h3-9,11H,10H2,1-2H3,(H,22,26)(H,23,25). The zero-order valence-electron chi connectivity index (χ0n) is 15.1. The predicted octanol–water partition coefficient (Wildman–Crippen LogP) is 2.79. The third-order valence-electron chi connectivity index (χ3n) is 3.61. The Hall–Kier alpha value is -3.13. The van der Waals surface area contributed by atoms with E-state index in [4.69, 9.17) is 21.1 Å². The Balaban J connectivity index is 1.86. The van der Waals surface area contributed by atoms with Gasteiger partial charge in [-0.15, -0.1) is 0 Å². The van der Waals surface area contributed by atoms with Crippen molar-refractivity contribution in [2.75, 3.05) is 19.0 Å². The molecule has 0 saturated heterocycles. The number of halogens is 2. The van der Waals surface area contributed by atoms with Crippen LogP contribution in [0.5, 0.6) is 5.75 Å². The van der Waals surface area contributed by atoms with E-state index < -0.39 is 36.2 Å². The van der Waals surface area contributed by atoms with Crippen LogP contribution in [0.1, 0.15) is 17.3 Å². The highest BCUT2D eigenvalue weighted by Gasteiger charge is 2.20. The molecule has 0 aliphatic heterocycles. The lowest BCUT2D eigenvalue weighted by Gasteiger charge is -2.15. The van der Waals surface area contributed by atoms with Gasteiger partial charge in [0.1, 0.15) is 18.1 Å². The molecule has 2 N–H and O–H groups in total. The molecule has 0 bridgehead atoms. The monoisotopic (exact) mass is 408 g/mol. The molecule has 2 amide bonds. The van der Waals surface area contributed by atoms with Crippen LogP contribution >= 0.6 is 11.6 Å². The van der Waals surface area contributed by atoms with Gasteiger partial charge in [0.05, 0.1) is 23.4 Å². The summed E-state index contributed by atoms with van der Waals surface area (Å²) in [5, 5.41) is 4.83. The van der Waals surface area contributed by atoms with Gasteiger partial charge < -0.3 is 20.1 Å². The summed E-state index contributed by atoms with van der Waals surface area (Å²) in [7, 11) is 1.42. The number of hydrogen-bond acceptors (Lipinski definition) is 5. The molecule has 0 aromatic heterocycles. The molecular weight excluding hydrogens is 391 g/mol. The molecule has 28 heavy (non-hydrogen) atoms. The zero-order valence-corrected chi connectivity index (χ0v) is 15.9. The summed E-state index contributed by atoms with van der Waals surface area (Å²) in [6.45, 7) is 0.915. The number of nitrogens with one attached hydrogen (secondary N) is 2. The smallest absolute Gasteiger partial charge is 0.326 e. The second kappa shape index (κ2) is 9.70. The van der Waals surface area contributed by atoms with Crippen LogP contribution in [0.4, 0.5) is 10.1 Å². The molecule has 0 radical (unpaired) electrons. The normalized spacial score (nSPS) is 11.3. The Kier molecular flexibility index (Phi) is 7.34. The van der Waals surface area contributed by atoms with Gasteiger partial charge in [0.25, 0.3) is 11.8 Å². The molecule has 2 aromatic carbocycles. The predicted molar refractivity (Wildman–Crippen MR) is 101 cm³/mol. The van der Waals surface area contributed by atoms with E-state index in [2.05, 4.69) is 10.6 Å². The van der Waals surface area contributed by atoms with Gasteiger partial charge in [0.2, 0.25) is 0 Å². The highest BCUT2D eigenvalue weighted by molar-refractivity contribution is 6.33. The highest BCUT2D eigenvalue weighted by atomic mass is 35.5. The first-order valence-electron chi connectivity index (χ1n) is 8.18. The van der Waals surface area contributed by atoms with Crippen LogP contribution in [-0.4, -0.2) is 37.5 Å². The fourth-order valence-electron chi connectivity index (χ4n) is 2.20. The Morgan fingerprint density at radius 1 is 1.18 bits per heavy atom. The highest BCUT2D eigenvalue weighted by Crippen LogP contribution is 2.22. The van der Waals surface area contributed by atoms with Crippen molar-refractivity contribution in [1.82, 2.24) is 5.32 Å². The van der Waals surface area contributed by atoms with Gasteiger partial charge in [-0.05, 0) is 37.3 Å². The second-order valence-electron chi connectivity index (χ2n) is 5.63. The molecule has 2 aromatic rings. The largest absolute Gasteiger partial charge is 0.496 e. The summed E-state index contributed by atoms with van der Waals surface area (Å²) in [6, 6.07) is 9.98. The number of carbonyl (C=O) groups is 3. The average Bonchev–Trinajstić information content (AvgIpc) is 2.68. The first-order chi connectivity index (χ1) is 13.3. The van der Waals surface area contributed by atoms with Gasteiger partial charge in [-0.1, -0.05) is 23.7 Å². The molecule has 0 aliphatic carbocycles. The van der Waals surface area contributed by atoms with Crippen molar-refractivity contribution >= 4 is 35.1 Å². The molecule has 1 atom stereocenters. The van der Waals surface area contributed by atoms with Crippen molar-refractivity contribution in [2.45, 2.75) is 13.0 Å². The van der Waals surface area contributed by atoms with Crippen molar-refractivity contribution in [3.05, 3.63) is 58.9 Å². The molecular formula is C19H18ClFN2O5. The number of carbonyl (C=O) groups excluding carboxylic acids is 3. The van der Waals surface area contributed by atoms with E-state index in [-0.39, 0.29) is 16.3 Å². The second-order valence-corrected chi connectivity index (χ2v) is 6.04. The molecule has 0 aliphatic rings.